The van der Waals surface area contributed by atoms with Gasteiger partial charge in [-0.15, -0.1) is 0 Å². The smallest absolute Gasteiger partial charge is 0.408 e. The summed E-state index contributed by atoms with van der Waals surface area (Å²) in [5.41, 5.74) is -1.31. The van der Waals surface area contributed by atoms with Crippen molar-refractivity contribution in [1.29, 1.82) is 0 Å². The number of carbonyl (C=O) groups is 2. The lowest BCUT2D eigenvalue weighted by Gasteiger charge is -2.22. The quantitative estimate of drug-likeness (QED) is 0.673. The van der Waals surface area contributed by atoms with Gasteiger partial charge in [-0.3, -0.25) is 0 Å². The number of hydrogen-bond donors (Lipinski definition) is 2. The maximum atomic E-state index is 11.1. The van der Waals surface area contributed by atoms with Crippen LogP contribution in [0.2, 0.25) is 0 Å². The number of carbonyl (C=O) groups excluding carboxylic acids is 1. The molecule has 1 atom stereocenters. The van der Waals surface area contributed by atoms with E-state index in [0.717, 1.165) is 0 Å². The van der Waals surface area contributed by atoms with Crippen molar-refractivity contribution in [3.63, 3.8) is 0 Å². The lowest BCUT2D eigenvalue weighted by molar-refractivity contribution is -0.144. The molecule has 0 saturated carbocycles. The Hall–Kier alpha value is -1.30. The topological polar surface area (TPSA) is 84.9 Å². The zero-order chi connectivity index (χ0) is 10.6. The molecule has 0 spiro atoms. The summed E-state index contributed by atoms with van der Waals surface area (Å²) in [6.45, 7) is 2.18. The van der Waals surface area contributed by atoms with E-state index < -0.39 is 17.6 Å². The van der Waals surface area contributed by atoms with Crippen LogP contribution in [0.3, 0.4) is 0 Å². The van der Waals surface area contributed by atoms with E-state index in [1.807, 2.05) is 0 Å². The van der Waals surface area contributed by atoms with Crippen LogP contribution >= 0.6 is 0 Å². The van der Waals surface area contributed by atoms with Gasteiger partial charge in [-0.1, -0.05) is 0 Å². The molecule has 6 nitrogen and oxygen atoms in total. The fourth-order valence-electron chi connectivity index (χ4n) is 1.25. The minimum Gasteiger partial charge on any atom is -0.479 e. The molecule has 1 aliphatic heterocycles. The molecule has 80 valence electrons. The second-order valence-electron chi connectivity index (χ2n) is 3.04. The average molecular weight is 203 g/mol. The fourth-order valence-corrected chi connectivity index (χ4v) is 1.25. The molecule has 1 saturated heterocycles. The minimum atomic E-state index is -1.31. The number of carboxylic acid groups (broad SMARTS) is 1. The second kappa shape index (κ2) is 4.28. The largest absolute Gasteiger partial charge is 0.479 e. The van der Waals surface area contributed by atoms with Crippen molar-refractivity contribution in [1.82, 2.24) is 5.32 Å². The molecule has 0 aromatic carbocycles. The maximum absolute atomic E-state index is 11.1. The first-order valence-corrected chi connectivity index (χ1v) is 4.37. The van der Waals surface area contributed by atoms with Crippen molar-refractivity contribution in [2.24, 2.45) is 0 Å². The normalized spacial score (nSPS) is 25.8. The molecule has 1 rings (SSSR count). The Morgan fingerprint density at radius 3 is 2.79 bits per heavy atom. The highest BCUT2D eigenvalue weighted by Gasteiger charge is 2.44. The number of aliphatic carboxylic acids is 1. The van der Waals surface area contributed by atoms with Crippen LogP contribution in [0.15, 0.2) is 0 Å². The van der Waals surface area contributed by atoms with Crippen molar-refractivity contribution in [2.75, 3.05) is 19.8 Å². The van der Waals surface area contributed by atoms with Crippen molar-refractivity contribution >= 4 is 12.1 Å². The Morgan fingerprint density at radius 1 is 1.64 bits per heavy atom. The van der Waals surface area contributed by atoms with Crippen LogP contribution in [-0.2, 0) is 14.3 Å². The molecule has 1 aliphatic rings. The maximum Gasteiger partial charge on any atom is 0.408 e. The van der Waals surface area contributed by atoms with Gasteiger partial charge in [-0.05, 0) is 6.92 Å². The van der Waals surface area contributed by atoms with Gasteiger partial charge in [0.2, 0.25) is 0 Å². The van der Waals surface area contributed by atoms with Gasteiger partial charge in [-0.2, -0.15) is 0 Å². The Labute approximate surface area is 81.2 Å². The van der Waals surface area contributed by atoms with E-state index in [9.17, 15) is 9.59 Å². The van der Waals surface area contributed by atoms with Crippen LogP contribution in [0.1, 0.15) is 13.3 Å². The third-order valence-corrected chi connectivity index (χ3v) is 2.05. The third kappa shape index (κ3) is 2.14. The minimum absolute atomic E-state index is 0.0128. The van der Waals surface area contributed by atoms with Gasteiger partial charge in [0.1, 0.15) is 0 Å². The summed E-state index contributed by atoms with van der Waals surface area (Å²) in [4.78, 5) is 22.0. The third-order valence-electron chi connectivity index (χ3n) is 2.05. The SMILES string of the molecule is CCOC(=O)NC1(C(=O)O)CCOC1. The van der Waals surface area contributed by atoms with Crippen LogP contribution < -0.4 is 5.32 Å². The summed E-state index contributed by atoms with van der Waals surface area (Å²) in [7, 11) is 0. The number of alkyl carbamates (subject to hydrolysis) is 1. The average Bonchev–Trinajstić information content (AvgIpc) is 2.54. The van der Waals surface area contributed by atoms with Gasteiger partial charge in [0.15, 0.2) is 5.54 Å². The summed E-state index contributed by atoms with van der Waals surface area (Å²) >= 11 is 0. The molecule has 0 radical (unpaired) electrons. The van der Waals surface area contributed by atoms with Gasteiger partial charge in [0, 0.05) is 13.0 Å². The number of rotatable bonds is 3. The molecule has 14 heavy (non-hydrogen) atoms. The van der Waals surface area contributed by atoms with E-state index in [4.69, 9.17) is 9.84 Å². The number of carboxylic acids is 1. The standard InChI is InChI=1S/C8H13NO5/c1-2-14-7(12)9-8(6(10)11)3-4-13-5-8/h2-5H2,1H3,(H,9,12)(H,10,11). The Morgan fingerprint density at radius 2 is 2.36 bits per heavy atom. The lowest BCUT2D eigenvalue weighted by atomic mass is 10.00. The molecule has 1 fully saturated rings. The van der Waals surface area contributed by atoms with E-state index >= 15 is 0 Å². The molecule has 0 aromatic rings. The van der Waals surface area contributed by atoms with Gasteiger partial charge < -0.3 is 19.9 Å². The molecule has 0 aliphatic carbocycles. The van der Waals surface area contributed by atoms with Crippen molar-refractivity contribution in [3.05, 3.63) is 0 Å². The van der Waals surface area contributed by atoms with Crippen LogP contribution in [0.4, 0.5) is 4.79 Å². The molecular weight excluding hydrogens is 190 g/mol. The first-order valence-electron chi connectivity index (χ1n) is 4.37. The van der Waals surface area contributed by atoms with E-state index in [1.165, 1.54) is 0 Å². The Bertz CT molecular complexity index is 234. The fraction of sp³-hybridized carbons (Fsp3) is 0.750. The summed E-state index contributed by atoms with van der Waals surface area (Å²) in [6, 6.07) is 0. The Kier molecular flexibility index (Phi) is 3.29. The zero-order valence-electron chi connectivity index (χ0n) is 7.91. The first-order chi connectivity index (χ1) is 6.60. The van der Waals surface area contributed by atoms with E-state index in [2.05, 4.69) is 10.1 Å². The Balaban J connectivity index is 2.60. The van der Waals surface area contributed by atoms with Gasteiger partial charge in [-0.25, -0.2) is 9.59 Å². The van der Waals surface area contributed by atoms with Crippen molar-refractivity contribution < 1.29 is 24.2 Å². The highest BCUT2D eigenvalue weighted by atomic mass is 16.5. The molecule has 1 amide bonds. The number of hydrogen-bond acceptors (Lipinski definition) is 4. The highest BCUT2D eigenvalue weighted by Crippen LogP contribution is 2.18. The summed E-state index contributed by atoms with van der Waals surface area (Å²) < 4.78 is 9.56. The van der Waals surface area contributed by atoms with E-state index in [-0.39, 0.29) is 19.6 Å². The van der Waals surface area contributed by atoms with Crippen molar-refractivity contribution in [3.8, 4) is 0 Å². The van der Waals surface area contributed by atoms with E-state index in [0.29, 0.717) is 6.61 Å². The number of amides is 1. The lowest BCUT2D eigenvalue weighted by Crippen LogP contribution is -2.55. The van der Waals surface area contributed by atoms with Gasteiger partial charge >= 0.3 is 12.1 Å². The molecular formula is C8H13NO5. The molecule has 2 N–H and O–H groups in total. The van der Waals surface area contributed by atoms with Gasteiger partial charge in [0.05, 0.1) is 13.2 Å². The highest BCUT2D eigenvalue weighted by molar-refractivity contribution is 5.84. The molecule has 1 heterocycles. The summed E-state index contributed by atoms with van der Waals surface area (Å²) in [5.74, 6) is -1.09. The molecule has 0 aromatic heterocycles. The monoisotopic (exact) mass is 203 g/mol. The second-order valence-corrected chi connectivity index (χ2v) is 3.04. The van der Waals surface area contributed by atoms with Crippen LogP contribution in [0.5, 0.6) is 0 Å². The van der Waals surface area contributed by atoms with E-state index in [1.54, 1.807) is 6.92 Å². The predicted octanol–water partition coefficient (Wildman–Crippen LogP) is -0.0238. The van der Waals surface area contributed by atoms with Crippen LogP contribution in [0, 0.1) is 0 Å². The van der Waals surface area contributed by atoms with Crippen LogP contribution in [-0.4, -0.2) is 42.5 Å². The summed E-state index contributed by atoms with van der Waals surface area (Å²) in [6.07, 6.45) is -0.457. The molecule has 1 unspecified atom stereocenters. The first kappa shape index (κ1) is 10.8. The number of ether oxygens (including phenoxy) is 2. The summed E-state index contributed by atoms with van der Waals surface area (Å²) in [5, 5.41) is 11.2. The van der Waals surface area contributed by atoms with Crippen molar-refractivity contribution in [2.45, 2.75) is 18.9 Å². The predicted molar refractivity (Wildman–Crippen MR) is 46.0 cm³/mol. The van der Waals surface area contributed by atoms with Gasteiger partial charge in [0.25, 0.3) is 0 Å². The zero-order valence-corrected chi connectivity index (χ0v) is 7.91. The molecule has 0 bridgehead atoms. The number of nitrogens with one attached hydrogen (secondary N) is 1. The molecule has 6 heteroatoms. The van der Waals surface area contributed by atoms with Crippen LogP contribution in [0.25, 0.3) is 0 Å².